The smallest absolute Gasteiger partial charge is 0.189 e. The Morgan fingerprint density at radius 2 is 1.80 bits per heavy atom. The van der Waals surface area contributed by atoms with Crippen LogP contribution in [0.15, 0.2) is 59.8 Å². The molecule has 0 atom stereocenters. The molecular weight excluding hydrogens is 268 g/mol. The highest BCUT2D eigenvalue weighted by atomic mass is 32.1. The van der Waals surface area contributed by atoms with Crippen LogP contribution >= 0.6 is 12.2 Å². The topological polar surface area (TPSA) is 40.5 Å². The summed E-state index contributed by atoms with van der Waals surface area (Å²) < 4.78 is 0. The lowest BCUT2D eigenvalue weighted by molar-refractivity contribution is 0.606. The van der Waals surface area contributed by atoms with Crippen LogP contribution in [0.5, 0.6) is 0 Å². The molecule has 0 aliphatic carbocycles. The van der Waals surface area contributed by atoms with E-state index in [2.05, 4.69) is 15.5 Å². The van der Waals surface area contributed by atoms with Gasteiger partial charge in [-0.25, -0.2) is 0 Å². The van der Waals surface area contributed by atoms with Gasteiger partial charge in [0, 0.05) is 25.9 Å². The molecule has 0 amide bonds. The third kappa shape index (κ3) is 3.61. The molecule has 20 heavy (non-hydrogen) atoms. The number of hydrazone groups is 1. The van der Waals surface area contributed by atoms with Crippen LogP contribution in [0, 0.1) is 0 Å². The molecule has 0 saturated heterocycles. The standard InChI is InChI=1S/C15H16N4S/c1-19(2)15(20)18-17-14(12-8-4-3-5-9-12)13-10-6-7-11-16-13/h3-11H,1-2H3,(H,18,20)/b17-14+. The Balaban J connectivity index is 2.35. The van der Waals surface area contributed by atoms with E-state index in [0.717, 1.165) is 17.0 Å². The van der Waals surface area contributed by atoms with Crippen molar-refractivity contribution in [1.82, 2.24) is 15.3 Å². The van der Waals surface area contributed by atoms with E-state index in [-0.39, 0.29) is 0 Å². The van der Waals surface area contributed by atoms with Crippen molar-refractivity contribution in [2.45, 2.75) is 0 Å². The van der Waals surface area contributed by atoms with Crippen LogP contribution in [-0.2, 0) is 0 Å². The molecule has 1 aromatic carbocycles. The summed E-state index contributed by atoms with van der Waals surface area (Å²) in [6.07, 6.45) is 1.75. The summed E-state index contributed by atoms with van der Waals surface area (Å²) in [5.41, 5.74) is 5.43. The first kappa shape index (κ1) is 14.1. The predicted octanol–water partition coefficient (Wildman–Crippen LogP) is 2.27. The third-order valence-corrected chi connectivity index (χ3v) is 3.08. The second-order valence-electron chi connectivity index (χ2n) is 4.35. The molecule has 2 rings (SSSR count). The van der Waals surface area contributed by atoms with Gasteiger partial charge in [-0.15, -0.1) is 0 Å². The fraction of sp³-hybridized carbons (Fsp3) is 0.133. The Hall–Kier alpha value is -2.27. The molecule has 0 fully saturated rings. The highest BCUT2D eigenvalue weighted by Crippen LogP contribution is 2.08. The van der Waals surface area contributed by atoms with Gasteiger partial charge in [0.25, 0.3) is 0 Å². The van der Waals surface area contributed by atoms with E-state index in [1.54, 1.807) is 11.1 Å². The minimum absolute atomic E-state index is 0.550. The molecule has 0 saturated carbocycles. The Labute approximate surface area is 124 Å². The van der Waals surface area contributed by atoms with Crippen LogP contribution in [0.4, 0.5) is 0 Å². The first-order valence-corrected chi connectivity index (χ1v) is 6.61. The third-order valence-electron chi connectivity index (χ3n) is 2.62. The van der Waals surface area contributed by atoms with Gasteiger partial charge in [0.2, 0.25) is 0 Å². The lowest BCUT2D eigenvalue weighted by Gasteiger charge is -2.13. The molecule has 1 heterocycles. The van der Waals surface area contributed by atoms with E-state index in [1.165, 1.54) is 0 Å². The van der Waals surface area contributed by atoms with Crippen LogP contribution < -0.4 is 5.43 Å². The number of pyridine rings is 1. The fourth-order valence-corrected chi connectivity index (χ4v) is 1.62. The van der Waals surface area contributed by atoms with Crippen LogP contribution in [0.2, 0.25) is 0 Å². The minimum Gasteiger partial charge on any atom is -0.354 e. The number of nitrogens with one attached hydrogen (secondary N) is 1. The summed E-state index contributed by atoms with van der Waals surface area (Å²) in [6.45, 7) is 0. The summed E-state index contributed by atoms with van der Waals surface area (Å²) in [5, 5.41) is 4.96. The van der Waals surface area contributed by atoms with Crippen molar-refractivity contribution in [1.29, 1.82) is 0 Å². The van der Waals surface area contributed by atoms with E-state index < -0.39 is 0 Å². The molecule has 1 N–H and O–H groups in total. The highest BCUT2D eigenvalue weighted by Gasteiger charge is 2.08. The summed E-state index contributed by atoms with van der Waals surface area (Å²) in [6, 6.07) is 15.6. The molecular formula is C15H16N4S. The second kappa shape index (κ2) is 6.77. The van der Waals surface area contributed by atoms with Gasteiger partial charge in [-0.2, -0.15) is 5.10 Å². The molecule has 2 aromatic rings. The molecule has 0 radical (unpaired) electrons. The van der Waals surface area contributed by atoms with Crippen molar-refractivity contribution >= 4 is 23.0 Å². The Morgan fingerprint density at radius 3 is 2.40 bits per heavy atom. The van der Waals surface area contributed by atoms with Gasteiger partial charge in [0.1, 0.15) is 5.71 Å². The predicted molar refractivity (Wildman–Crippen MR) is 85.7 cm³/mol. The molecule has 0 bridgehead atoms. The van der Waals surface area contributed by atoms with Crippen LogP contribution in [0.25, 0.3) is 0 Å². The van der Waals surface area contributed by atoms with Crippen molar-refractivity contribution in [2.75, 3.05) is 14.1 Å². The maximum atomic E-state index is 5.18. The maximum Gasteiger partial charge on any atom is 0.189 e. The molecule has 0 spiro atoms. The summed E-state index contributed by atoms with van der Waals surface area (Å²) in [5.74, 6) is 0. The number of benzene rings is 1. The summed E-state index contributed by atoms with van der Waals surface area (Å²) in [4.78, 5) is 6.14. The average Bonchev–Trinajstić information content (AvgIpc) is 2.49. The van der Waals surface area contributed by atoms with E-state index in [1.807, 2.05) is 62.6 Å². The summed E-state index contributed by atoms with van der Waals surface area (Å²) >= 11 is 5.18. The Bertz CT molecular complexity index is 552. The van der Waals surface area contributed by atoms with E-state index in [4.69, 9.17) is 12.2 Å². The Morgan fingerprint density at radius 1 is 1.10 bits per heavy atom. The van der Waals surface area contributed by atoms with E-state index in [9.17, 15) is 0 Å². The van der Waals surface area contributed by atoms with Gasteiger partial charge in [-0.3, -0.25) is 10.4 Å². The normalized spacial score (nSPS) is 11.0. The lowest BCUT2D eigenvalue weighted by atomic mass is 10.1. The maximum absolute atomic E-state index is 5.18. The van der Waals surface area contributed by atoms with Gasteiger partial charge in [-0.1, -0.05) is 36.4 Å². The number of rotatable bonds is 3. The zero-order valence-corrected chi connectivity index (χ0v) is 12.3. The fourth-order valence-electron chi connectivity index (χ4n) is 1.57. The molecule has 102 valence electrons. The van der Waals surface area contributed by atoms with Crippen LogP contribution in [-0.4, -0.2) is 34.8 Å². The number of thiocarbonyl (C=S) groups is 1. The minimum atomic E-state index is 0.550. The van der Waals surface area contributed by atoms with Crippen molar-refractivity contribution < 1.29 is 0 Å². The van der Waals surface area contributed by atoms with Crippen molar-refractivity contribution in [3.05, 3.63) is 66.0 Å². The Kier molecular flexibility index (Phi) is 4.79. The van der Waals surface area contributed by atoms with Crippen molar-refractivity contribution in [3.8, 4) is 0 Å². The molecule has 0 unspecified atom stereocenters. The molecule has 1 aromatic heterocycles. The summed E-state index contributed by atoms with van der Waals surface area (Å²) in [7, 11) is 3.74. The first-order chi connectivity index (χ1) is 9.68. The lowest BCUT2D eigenvalue weighted by Crippen LogP contribution is -2.31. The van der Waals surface area contributed by atoms with Gasteiger partial charge >= 0.3 is 0 Å². The molecule has 4 nitrogen and oxygen atoms in total. The quantitative estimate of drug-likeness (QED) is 0.533. The van der Waals surface area contributed by atoms with E-state index in [0.29, 0.717) is 5.11 Å². The number of nitrogens with zero attached hydrogens (tertiary/aromatic N) is 3. The van der Waals surface area contributed by atoms with Gasteiger partial charge in [-0.05, 0) is 24.4 Å². The van der Waals surface area contributed by atoms with Gasteiger partial charge < -0.3 is 4.90 Å². The SMILES string of the molecule is CN(C)C(=S)N/N=C(\c1ccccc1)c1ccccn1. The second-order valence-corrected chi connectivity index (χ2v) is 4.74. The van der Waals surface area contributed by atoms with Gasteiger partial charge in [0.05, 0.1) is 5.69 Å². The monoisotopic (exact) mass is 284 g/mol. The largest absolute Gasteiger partial charge is 0.354 e. The van der Waals surface area contributed by atoms with Crippen molar-refractivity contribution in [2.24, 2.45) is 5.10 Å². The molecule has 0 aliphatic rings. The average molecular weight is 284 g/mol. The van der Waals surface area contributed by atoms with Crippen LogP contribution in [0.1, 0.15) is 11.3 Å². The molecule has 5 heteroatoms. The van der Waals surface area contributed by atoms with Crippen LogP contribution in [0.3, 0.4) is 0 Å². The number of aromatic nitrogens is 1. The van der Waals surface area contributed by atoms with Gasteiger partial charge in [0.15, 0.2) is 5.11 Å². The molecule has 0 aliphatic heterocycles. The van der Waals surface area contributed by atoms with E-state index >= 15 is 0 Å². The highest BCUT2D eigenvalue weighted by molar-refractivity contribution is 7.80. The zero-order chi connectivity index (χ0) is 14.4. The number of hydrogen-bond donors (Lipinski definition) is 1. The zero-order valence-electron chi connectivity index (χ0n) is 11.4. The number of hydrogen-bond acceptors (Lipinski definition) is 3. The first-order valence-electron chi connectivity index (χ1n) is 6.20. The van der Waals surface area contributed by atoms with Crippen molar-refractivity contribution in [3.63, 3.8) is 0 Å².